The van der Waals surface area contributed by atoms with Gasteiger partial charge in [0, 0.05) is 24.1 Å². The number of carbonyl (C=O) groups is 1. The number of amides is 1. The van der Waals surface area contributed by atoms with E-state index in [0.29, 0.717) is 5.56 Å². The van der Waals surface area contributed by atoms with Gasteiger partial charge in [-0.15, -0.1) is 0 Å². The van der Waals surface area contributed by atoms with E-state index in [-0.39, 0.29) is 12.0 Å². The van der Waals surface area contributed by atoms with Gasteiger partial charge in [-0.25, -0.2) is 0 Å². The number of aromatic nitrogens is 2. The van der Waals surface area contributed by atoms with Crippen molar-refractivity contribution in [2.75, 3.05) is 25.0 Å². The maximum atomic E-state index is 12.2. The fraction of sp³-hybridized carbons (Fsp3) is 0.667. The third kappa shape index (κ3) is 3.11. The summed E-state index contributed by atoms with van der Waals surface area (Å²) in [7, 11) is 0. The third-order valence-electron chi connectivity index (χ3n) is 3.22. The lowest BCUT2D eigenvalue weighted by Gasteiger charge is -2.31. The number of hydrogen-bond donors (Lipinski definition) is 1. The highest BCUT2D eigenvalue weighted by Crippen LogP contribution is 2.17. The lowest BCUT2D eigenvalue weighted by molar-refractivity contribution is 0.0160. The van der Waals surface area contributed by atoms with Crippen LogP contribution in [0.5, 0.6) is 0 Å². The van der Waals surface area contributed by atoms with Crippen LogP contribution in [-0.2, 0) is 4.74 Å². The standard InChI is InChI=1S/C12H18BrN3O2/c1-9-11(8-14-15-9)12(17)16-5-2-10(3-6-16)18-7-4-13/h8,10H,2-7H2,1H3,(H,14,15). The average molecular weight is 316 g/mol. The van der Waals surface area contributed by atoms with Crippen molar-refractivity contribution in [3.63, 3.8) is 0 Å². The summed E-state index contributed by atoms with van der Waals surface area (Å²) in [6.07, 6.45) is 3.72. The van der Waals surface area contributed by atoms with Crippen molar-refractivity contribution in [2.45, 2.75) is 25.9 Å². The fourth-order valence-electron chi connectivity index (χ4n) is 2.17. The quantitative estimate of drug-likeness (QED) is 0.861. The largest absolute Gasteiger partial charge is 0.377 e. The van der Waals surface area contributed by atoms with Crippen LogP contribution in [0.3, 0.4) is 0 Å². The van der Waals surface area contributed by atoms with Gasteiger partial charge >= 0.3 is 0 Å². The van der Waals surface area contributed by atoms with E-state index in [1.807, 2.05) is 11.8 Å². The van der Waals surface area contributed by atoms with E-state index >= 15 is 0 Å². The molecule has 0 saturated carbocycles. The fourth-order valence-corrected chi connectivity index (χ4v) is 2.36. The molecule has 1 saturated heterocycles. The summed E-state index contributed by atoms with van der Waals surface area (Å²) in [5, 5.41) is 7.55. The molecule has 0 aliphatic carbocycles. The summed E-state index contributed by atoms with van der Waals surface area (Å²) in [4.78, 5) is 14.1. The maximum absolute atomic E-state index is 12.2. The summed E-state index contributed by atoms with van der Waals surface area (Å²) in [5.74, 6) is 0.0696. The molecule has 1 aliphatic heterocycles. The molecule has 2 rings (SSSR count). The van der Waals surface area contributed by atoms with Crippen molar-refractivity contribution in [1.29, 1.82) is 0 Å². The monoisotopic (exact) mass is 315 g/mol. The Hall–Kier alpha value is -0.880. The minimum Gasteiger partial charge on any atom is -0.377 e. The first-order valence-electron chi connectivity index (χ1n) is 6.19. The number of nitrogens with zero attached hydrogens (tertiary/aromatic N) is 2. The van der Waals surface area contributed by atoms with Crippen LogP contribution in [0.15, 0.2) is 6.20 Å². The van der Waals surface area contributed by atoms with E-state index in [1.165, 1.54) is 0 Å². The molecule has 0 radical (unpaired) electrons. The predicted octanol–water partition coefficient (Wildman–Crippen LogP) is 1.73. The van der Waals surface area contributed by atoms with Gasteiger partial charge in [-0.3, -0.25) is 9.89 Å². The van der Waals surface area contributed by atoms with E-state index in [2.05, 4.69) is 26.1 Å². The third-order valence-corrected chi connectivity index (χ3v) is 3.54. The molecule has 1 fully saturated rings. The molecule has 0 unspecified atom stereocenters. The Balaban J connectivity index is 1.86. The van der Waals surface area contributed by atoms with E-state index in [4.69, 9.17) is 4.74 Å². The van der Waals surface area contributed by atoms with Gasteiger partial charge in [0.15, 0.2) is 0 Å². The number of ether oxygens (including phenoxy) is 1. The van der Waals surface area contributed by atoms with Crippen molar-refractivity contribution in [1.82, 2.24) is 15.1 Å². The number of H-pyrrole nitrogens is 1. The van der Waals surface area contributed by atoms with Crippen LogP contribution >= 0.6 is 15.9 Å². The first-order valence-corrected chi connectivity index (χ1v) is 7.31. The lowest BCUT2D eigenvalue weighted by atomic mass is 10.1. The van der Waals surface area contributed by atoms with E-state index in [1.54, 1.807) is 6.20 Å². The van der Waals surface area contributed by atoms with Crippen LogP contribution < -0.4 is 0 Å². The van der Waals surface area contributed by atoms with Crippen molar-refractivity contribution in [3.05, 3.63) is 17.5 Å². The normalized spacial score (nSPS) is 17.1. The molecule has 0 spiro atoms. The molecule has 1 amide bonds. The number of halogens is 1. The van der Waals surface area contributed by atoms with Crippen molar-refractivity contribution >= 4 is 21.8 Å². The van der Waals surface area contributed by atoms with Gasteiger partial charge in [0.05, 0.1) is 24.5 Å². The Kier molecular flexibility index (Phi) is 4.77. The second-order valence-electron chi connectivity index (χ2n) is 4.46. The van der Waals surface area contributed by atoms with Gasteiger partial charge in [0.2, 0.25) is 0 Å². The number of nitrogens with one attached hydrogen (secondary N) is 1. The number of aryl methyl sites for hydroxylation is 1. The van der Waals surface area contributed by atoms with Crippen LogP contribution in [0, 0.1) is 6.92 Å². The summed E-state index contributed by atoms with van der Waals surface area (Å²) >= 11 is 3.35. The Morgan fingerprint density at radius 2 is 2.33 bits per heavy atom. The number of piperidine rings is 1. The molecule has 1 aromatic heterocycles. The summed E-state index contributed by atoms with van der Waals surface area (Å²) < 4.78 is 5.67. The van der Waals surface area contributed by atoms with Crippen LogP contribution in [0.1, 0.15) is 28.9 Å². The van der Waals surface area contributed by atoms with Crippen LogP contribution in [0.2, 0.25) is 0 Å². The van der Waals surface area contributed by atoms with Gasteiger partial charge in [0.25, 0.3) is 5.91 Å². The second-order valence-corrected chi connectivity index (χ2v) is 5.25. The highest BCUT2D eigenvalue weighted by atomic mass is 79.9. The van der Waals surface area contributed by atoms with Gasteiger partial charge < -0.3 is 9.64 Å². The Morgan fingerprint density at radius 3 is 2.89 bits per heavy atom. The molecular formula is C12H18BrN3O2. The molecule has 0 bridgehead atoms. The molecule has 0 atom stereocenters. The zero-order valence-electron chi connectivity index (χ0n) is 10.5. The van der Waals surface area contributed by atoms with Gasteiger partial charge in [-0.05, 0) is 19.8 Å². The maximum Gasteiger partial charge on any atom is 0.257 e. The minimum absolute atomic E-state index is 0.0696. The Bertz CT molecular complexity index is 400. The molecule has 1 aromatic rings. The highest BCUT2D eigenvalue weighted by Gasteiger charge is 2.25. The molecular weight excluding hydrogens is 298 g/mol. The summed E-state index contributed by atoms with van der Waals surface area (Å²) in [6.45, 7) is 4.12. The first kappa shape index (κ1) is 13.5. The first-order chi connectivity index (χ1) is 8.72. The van der Waals surface area contributed by atoms with Crippen molar-refractivity contribution in [3.8, 4) is 0 Å². The number of alkyl halides is 1. The predicted molar refractivity (Wildman–Crippen MR) is 72.0 cm³/mol. The van der Waals surface area contributed by atoms with Gasteiger partial charge in [-0.2, -0.15) is 5.10 Å². The number of carbonyl (C=O) groups excluding carboxylic acids is 1. The van der Waals surface area contributed by atoms with E-state index in [0.717, 1.165) is 43.6 Å². The average Bonchev–Trinajstić information content (AvgIpc) is 2.82. The van der Waals surface area contributed by atoms with E-state index in [9.17, 15) is 4.79 Å². The van der Waals surface area contributed by atoms with Crippen LogP contribution in [0.25, 0.3) is 0 Å². The van der Waals surface area contributed by atoms with Crippen molar-refractivity contribution in [2.24, 2.45) is 0 Å². The summed E-state index contributed by atoms with van der Waals surface area (Å²) in [6, 6.07) is 0. The zero-order chi connectivity index (χ0) is 13.0. The number of aromatic amines is 1. The molecule has 5 nitrogen and oxygen atoms in total. The topological polar surface area (TPSA) is 58.2 Å². The lowest BCUT2D eigenvalue weighted by Crippen LogP contribution is -2.41. The van der Waals surface area contributed by atoms with Crippen LogP contribution in [0.4, 0.5) is 0 Å². The highest BCUT2D eigenvalue weighted by molar-refractivity contribution is 9.09. The summed E-state index contributed by atoms with van der Waals surface area (Å²) in [5.41, 5.74) is 1.51. The number of likely N-dealkylation sites (tertiary alicyclic amines) is 1. The molecule has 6 heteroatoms. The zero-order valence-corrected chi connectivity index (χ0v) is 12.1. The second kappa shape index (κ2) is 6.33. The SMILES string of the molecule is Cc1[nH]ncc1C(=O)N1CCC(OCCBr)CC1. The Morgan fingerprint density at radius 1 is 1.61 bits per heavy atom. The van der Waals surface area contributed by atoms with Crippen LogP contribution in [-0.4, -0.2) is 52.1 Å². The van der Waals surface area contributed by atoms with E-state index < -0.39 is 0 Å². The minimum atomic E-state index is 0.0696. The molecule has 1 N–H and O–H groups in total. The molecule has 100 valence electrons. The molecule has 18 heavy (non-hydrogen) atoms. The smallest absolute Gasteiger partial charge is 0.257 e. The number of hydrogen-bond acceptors (Lipinski definition) is 3. The molecule has 1 aliphatic rings. The molecule has 2 heterocycles. The number of rotatable bonds is 4. The van der Waals surface area contributed by atoms with Gasteiger partial charge in [0.1, 0.15) is 0 Å². The van der Waals surface area contributed by atoms with Gasteiger partial charge in [-0.1, -0.05) is 15.9 Å². The van der Waals surface area contributed by atoms with Crippen molar-refractivity contribution < 1.29 is 9.53 Å². The Labute approximate surface area is 115 Å². The molecule has 0 aromatic carbocycles.